The molecule has 0 unspecified atom stereocenters. The smallest absolute Gasteiger partial charge is 0.281 e. The predicted octanol–water partition coefficient (Wildman–Crippen LogP) is 0.487. The van der Waals surface area contributed by atoms with Crippen molar-refractivity contribution < 1.29 is 13.2 Å². The molecule has 0 bridgehead atoms. The lowest BCUT2D eigenvalue weighted by atomic mass is 10.2. The summed E-state index contributed by atoms with van der Waals surface area (Å²) in [5.74, 6) is 4.51. The largest absolute Gasteiger partial charge is 0.345 e. The van der Waals surface area contributed by atoms with Crippen LogP contribution in [0.5, 0.6) is 0 Å². The number of hydrazine groups is 1. The third kappa shape index (κ3) is 4.32. The number of sulfonamides is 1. The highest BCUT2D eigenvalue weighted by Gasteiger charge is 2.19. The fourth-order valence-corrected chi connectivity index (χ4v) is 2.97. The van der Waals surface area contributed by atoms with E-state index in [1.165, 1.54) is 16.8 Å². The van der Waals surface area contributed by atoms with Crippen LogP contribution in [0.3, 0.4) is 0 Å². The van der Waals surface area contributed by atoms with E-state index in [4.69, 9.17) is 5.84 Å². The summed E-state index contributed by atoms with van der Waals surface area (Å²) in [5, 5.41) is 0. The van der Waals surface area contributed by atoms with Crippen molar-refractivity contribution in [2.24, 2.45) is 12.9 Å². The standard InChI is InChI=1S/C12H22N4O3S/c1-3-4-5-6-7-14-20(18,19)10-8-11(12(17)15-13)16(2)9-10/h8-9,14H,3-7,13H2,1-2H3,(H,15,17). The van der Waals surface area contributed by atoms with E-state index in [2.05, 4.69) is 11.6 Å². The number of amides is 1. The third-order valence-electron chi connectivity index (χ3n) is 2.98. The van der Waals surface area contributed by atoms with E-state index < -0.39 is 15.9 Å². The first-order valence-corrected chi connectivity index (χ1v) is 8.07. The highest BCUT2D eigenvalue weighted by Crippen LogP contribution is 2.13. The molecule has 7 nitrogen and oxygen atoms in total. The van der Waals surface area contributed by atoms with Crippen LogP contribution in [0.4, 0.5) is 0 Å². The zero-order valence-corrected chi connectivity index (χ0v) is 12.7. The molecule has 8 heteroatoms. The number of nitrogen functional groups attached to an aromatic ring is 1. The lowest BCUT2D eigenvalue weighted by Gasteiger charge is -2.04. The van der Waals surface area contributed by atoms with E-state index in [-0.39, 0.29) is 10.6 Å². The molecule has 0 aliphatic carbocycles. The molecule has 1 heterocycles. The quantitative estimate of drug-likeness (QED) is 0.281. The Morgan fingerprint density at radius 2 is 2.05 bits per heavy atom. The monoisotopic (exact) mass is 302 g/mol. The number of hydrogen-bond acceptors (Lipinski definition) is 4. The van der Waals surface area contributed by atoms with Crippen LogP contribution in [-0.2, 0) is 17.1 Å². The molecule has 0 atom stereocenters. The zero-order chi connectivity index (χ0) is 15.2. The second-order valence-corrected chi connectivity index (χ2v) is 6.37. The summed E-state index contributed by atoms with van der Waals surface area (Å²) in [6.45, 7) is 2.49. The molecule has 1 amide bonds. The molecule has 1 rings (SSSR count). The number of rotatable bonds is 8. The van der Waals surface area contributed by atoms with E-state index in [1.807, 2.05) is 5.43 Å². The Hall–Kier alpha value is -1.38. The number of aromatic nitrogens is 1. The van der Waals surface area contributed by atoms with Crippen molar-refractivity contribution in [3.8, 4) is 0 Å². The summed E-state index contributed by atoms with van der Waals surface area (Å²) >= 11 is 0. The Kier molecular flexibility index (Phi) is 6.18. The minimum atomic E-state index is -3.58. The zero-order valence-electron chi connectivity index (χ0n) is 11.8. The summed E-state index contributed by atoms with van der Waals surface area (Å²) < 4.78 is 28.1. The molecule has 0 saturated heterocycles. The summed E-state index contributed by atoms with van der Waals surface area (Å²) in [6, 6.07) is 1.30. The van der Waals surface area contributed by atoms with E-state index in [9.17, 15) is 13.2 Å². The van der Waals surface area contributed by atoms with Crippen LogP contribution in [0.25, 0.3) is 0 Å². The van der Waals surface area contributed by atoms with Gasteiger partial charge in [0.2, 0.25) is 10.0 Å². The van der Waals surface area contributed by atoms with Crippen molar-refractivity contribution >= 4 is 15.9 Å². The molecular formula is C12H22N4O3S. The maximum absolute atomic E-state index is 12.1. The predicted molar refractivity (Wildman–Crippen MR) is 76.4 cm³/mol. The van der Waals surface area contributed by atoms with Crippen molar-refractivity contribution in [3.05, 3.63) is 18.0 Å². The van der Waals surface area contributed by atoms with Crippen LogP contribution < -0.4 is 16.0 Å². The Labute approximate surface area is 119 Å². The first-order chi connectivity index (χ1) is 9.42. The van der Waals surface area contributed by atoms with Gasteiger partial charge in [0.1, 0.15) is 10.6 Å². The number of aryl methyl sites for hydroxylation is 1. The van der Waals surface area contributed by atoms with Crippen molar-refractivity contribution in [1.29, 1.82) is 0 Å². The Bertz CT molecular complexity index is 551. The highest BCUT2D eigenvalue weighted by molar-refractivity contribution is 7.89. The van der Waals surface area contributed by atoms with Crippen molar-refractivity contribution in [3.63, 3.8) is 0 Å². The number of unbranched alkanes of at least 4 members (excludes halogenated alkanes) is 3. The van der Waals surface area contributed by atoms with Gasteiger partial charge in [0.25, 0.3) is 5.91 Å². The van der Waals surface area contributed by atoms with E-state index in [0.29, 0.717) is 6.54 Å². The van der Waals surface area contributed by atoms with Crippen LogP contribution in [0.2, 0.25) is 0 Å². The molecule has 0 saturated carbocycles. The summed E-state index contributed by atoms with van der Waals surface area (Å²) in [5.41, 5.74) is 2.17. The maximum atomic E-state index is 12.1. The first kappa shape index (κ1) is 16.7. The Morgan fingerprint density at radius 1 is 1.35 bits per heavy atom. The molecule has 4 N–H and O–H groups in total. The van der Waals surface area contributed by atoms with Gasteiger partial charge in [0.05, 0.1) is 0 Å². The number of hydrogen-bond donors (Lipinski definition) is 3. The molecule has 0 radical (unpaired) electrons. The van der Waals surface area contributed by atoms with Crippen LogP contribution in [0.1, 0.15) is 43.1 Å². The minimum Gasteiger partial charge on any atom is -0.345 e. The minimum absolute atomic E-state index is 0.0640. The molecule has 0 aromatic carbocycles. The molecule has 1 aromatic rings. The molecular weight excluding hydrogens is 280 g/mol. The van der Waals surface area contributed by atoms with Gasteiger partial charge in [-0.3, -0.25) is 10.2 Å². The molecule has 114 valence electrons. The lowest BCUT2D eigenvalue weighted by Crippen LogP contribution is -2.31. The Balaban J connectivity index is 2.71. The maximum Gasteiger partial charge on any atom is 0.281 e. The van der Waals surface area contributed by atoms with Gasteiger partial charge in [-0.15, -0.1) is 0 Å². The lowest BCUT2D eigenvalue weighted by molar-refractivity contribution is 0.0945. The number of nitrogens with one attached hydrogen (secondary N) is 2. The number of nitrogens with zero attached hydrogens (tertiary/aromatic N) is 1. The van der Waals surface area contributed by atoms with Crippen LogP contribution in [0.15, 0.2) is 17.2 Å². The van der Waals surface area contributed by atoms with Gasteiger partial charge in [-0.25, -0.2) is 19.0 Å². The molecule has 1 aromatic heterocycles. The van der Waals surface area contributed by atoms with Gasteiger partial charge in [0, 0.05) is 19.8 Å². The summed E-state index contributed by atoms with van der Waals surface area (Å²) in [6.07, 6.45) is 5.38. The molecule has 0 aliphatic rings. The molecule has 0 spiro atoms. The van der Waals surface area contributed by atoms with Gasteiger partial charge < -0.3 is 4.57 Å². The van der Waals surface area contributed by atoms with Crippen LogP contribution >= 0.6 is 0 Å². The van der Waals surface area contributed by atoms with Crippen LogP contribution in [0, 0.1) is 0 Å². The van der Waals surface area contributed by atoms with Crippen molar-refractivity contribution in [2.45, 2.75) is 37.5 Å². The van der Waals surface area contributed by atoms with Gasteiger partial charge in [-0.1, -0.05) is 26.2 Å². The Morgan fingerprint density at radius 3 is 2.65 bits per heavy atom. The number of carbonyl (C=O) groups excluding carboxylic acids is 1. The fraction of sp³-hybridized carbons (Fsp3) is 0.583. The van der Waals surface area contributed by atoms with E-state index >= 15 is 0 Å². The van der Waals surface area contributed by atoms with Gasteiger partial charge >= 0.3 is 0 Å². The average molecular weight is 302 g/mol. The topological polar surface area (TPSA) is 106 Å². The van der Waals surface area contributed by atoms with Crippen molar-refractivity contribution in [2.75, 3.05) is 6.54 Å². The molecule has 20 heavy (non-hydrogen) atoms. The molecule has 0 aliphatic heterocycles. The number of nitrogens with two attached hydrogens (primary N) is 1. The van der Waals surface area contributed by atoms with E-state index in [1.54, 1.807) is 7.05 Å². The summed E-state index contributed by atoms with van der Waals surface area (Å²) in [7, 11) is -1.99. The van der Waals surface area contributed by atoms with Gasteiger partial charge in [-0.05, 0) is 12.5 Å². The van der Waals surface area contributed by atoms with Crippen LogP contribution in [-0.4, -0.2) is 25.4 Å². The molecule has 0 fully saturated rings. The number of carbonyl (C=O) groups is 1. The second kappa shape index (κ2) is 7.41. The normalized spacial score (nSPS) is 11.6. The van der Waals surface area contributed by atoms with Gasteiger partial charge in [0.15, 0.2) is 0 Å². The fourth-order valence-electron chi connectivity index (χ4n) is 1.82. The SMILES string of the molecule is CCCCCCNS(=O)(=O)c1cc(C(=O)NN)n(C)c1. The van der Waals surface area contributed by atoms with Crippen molar-refractivity contribution in [1.82, 2.24) is 14.7 Å². The first-order valence-electron chi connectivity index (χ1n) is 6.59. The second-order valence-electron chi connectivity index (χ2n) is 4.60. The van der Waals surface area contributed by atoms with Gasteiger partial charge in [-0.2, -0.15) is 0 Å². The highest BCUT2D eigenvalue weighted by atomic mass is 32.2. The summed E-state index contributed by atoms with van der Waals surface area (Å²) in [4.78, 5) is 11.5. The third-order valence-corrected chi connectivity index (χ3v) is 4.40. The average Bonchev–Trinajstić information content (AvgIpc) is 2.80. The van der Waals surface area contributed by atoms with E-state index in [0.717, 1.165) is 25.7 Å².